The topological polar surface area (TPSA) is 77.2 Å². The third kappa shape index (κ3) is 5.56. The number of nitrogens with zero attached hydrogens (tertiary/aromatic N) is 2. The van der Waals surface area contributed by atoms with Crippen LogP contribution in [0.2, 0.25) is 0 Å². The number of aromatic nitrogens is 2. The highest BCUT2D eigenvalue weighted by atomic mass is 32.2. The summed E-state index contributed by atoms with van der Waals surface area (Å²) in [5.41, 5.74) is 3.76. The normalized spacial score (nSPS) is 11.7. The first-order chi connectivity index (χ1) is 15.6. The van der Waals surface area contributed by atoms with Crippen LogP contribution in [0, 0.1) is 6.92 Å². The van der Waals surface area contributed by atoms with E-state index >= 15 is 0 Å². The van der Waals surface area contributed by atoms with Crippen molar-refractivity contribution in [3.63, 3.8) is 0 Å². The van der Waals surface area contributed by atoms with E-state index in [0.717, 1.165) is 28.1 Å². The number of ether oxygens (including phenoxy) is 1. The summed E-state index contributed by atoms with van der Waals surface area (Å²) in [5.74, 6) is 1.13. The van der Waals surface area contributed by atoms with Crippen LogP contribution in [-0.2, 0) is 11.2 Å². The molecule has 0 saturated heterocycles. The van der Waals surface area contributed by atoms with E-state index in [-0.39, 0.29) is 5.91 Å². The van der Waals surface area contributed by atoms with Crippen LogP contribution in [0.4, 0.5) is 5.69 Å². The molecule has 1 atom stereocenters. The van der Waals surface area contributed by atoms with Crippen LogP contribution in [0.15, 0.2) is 88.5 Å². The number of hydrogen-bond acceptors (Lipinski definition) is 6. The summed E-state index contributed by atoms with van der Waals surface area (Å²) in [4.78, 5) is 13.1. The number of carbonyl (C=O) groups is 1. The lowest BCUT2D eigenvalue weighted by atomic mass is 10.1. The molecule has 0 aliphatic heterocycles. The minimum atomic E-state index is -0.535. The number of methoxy groups -OCH3 is 1. The average Bonchev–Trinajstić information content (AvgIpc) is 3.27. The fourth-order valence-corrected chi connectivity index (χ4v) is 4.01. The van der Waals surface area contributed by atoms with Crippen LogP contribution in [0.5, 0.6) is 5.75 Å². The molecule has 0 aliphatic rings. The van der Waals surface area contributed by atoms with E-state index in [9.17, 15) is 4.79 Å². The fourth-order valence-electron chi connectivity index (χ4n) is 3.12. The van der Waals surface area contributed by atoms with Crippen molar-refractivity contribution in [1.29, 1.82) is 0 Å². The lowest BCUT2D eigenvalue weighted by Crippen LogP contribution is -2.19. The highest BCUT2D eigenvalue weighted by molar-refractivity contribution is 8.00. The van der Waals surface area contributed by atoms with Gasteiger partial charge in [0.15, 0.2) is 0 Å². The number of aryl methyl sites for hydroxylation is 1. The highest BCUT2D eigenvalue weighted by Gasteiger charge is 2.25. The van der Waals surface area contributed by atoms with Gasteiger partial charge in [-0.15, -0.1) is 10.2 Å². The third-order valence-corrected chi connectivity index (χ3v) is 5.93. The Balaban J connectivity index is 1.49. The molecular weight excluding hydrogens is 422 g/mol. The van der Waals surface area contributed by atoms with Gasteiger partial charge in [0, 0.05) is 5.69 Å². The largest absolute Gasteiger partial charge is 0.497 e. The van der Waals surface area contributed by atoms with Crippen molar-refractivity contribution in [2.75, 3.05) is 12.4 Å². The van der Waals surface area contributed by atoms with Crippen molar-refractivity contribution >= 4 is 23.4 Å². The summed E-state index contributed by atoms with van der Waals surface area (Å²) in [5, 5.41) is 11.1. The number of carbonyl (C=O) groups excluding carboxylic acids is 1. The Bertz CT molecular complexity index is 1160. The zero-order chi connectivity index (χ0) is 22.3. The van der Waals surface area contributed by atoms with E-state index in [1.54, 1.807) is 7.11 Å². The Hall–Kier alpha value is -3.58. The van der Waals surface area contributed by atoms with Gasteiger partial charge in [-0.1, -0.05) is 60.2 Å². The van der Waals surface area contributed by atoms with E-state index in [1.807, 2.05) is 85.8 Å². The first kappa shape index (κ1) is 21.6. The Morgan fingerprint density at radius 1 is 1.00 bits per heavy atom. The number of thioether (sulfide) groups is 1. The second-order valence-corrected chi connectivity index (χ2v) is 8.31. The molecule has 0 spiro atoms. The number of rotatable bonds is 8. The van der Waals surface area contributed by atoms with Crippen molar-refractivity contribution in [2.24, 2.45) is 0 Å². The van der Waals surface area contributed by atoms with E-state index in [1.165, 1.54) is 11.8 Å². The average molecular weight is 446 g/mol. The monoisotopic (exact) mass is 445 g/mol. The molecule has 0 aliphatic carbocycles. The van der Waals surface area contributed by atoms with E-state index in [4.69, 9.17) is 9.15 Å². The van der Waals surface area contributed by atoms with Gasteiger partial charge in [-0.25, -0.2) is 0 Å². The van der Waals surface area contributed by atoms with Crippen LogP contribution < -0.4 is 10.1 Å². The predicted molar refractivity (Wildman–Crippen MR) is 125 cm³/mol. The van der Waals surface area contributed by atoms with Crippen LogP contribution in [0.1, 0.15) is 27.8 Å². The van der Waals surface area contributed by atoms with Crippen LogP contribution >= 0.6 is 11.8 Å². The zero-order valence-electron chi connectivity index (χ0n) is 17.8. The number of amides is 1. The molecule has 32 heavy (non-hydrogen) atoms. The Kier molecular flexibility index (Phi) is 6.87. The minimum absolute atomic E-state index is 0.153. The van der Waals surface area contributed by atoms with E-state index < -0.39 is 5.25 Å². The zero-order valence-corrected chi connectivity index (χ0v) is 18.6. The third-order valence-electron chi connectivity index (χ3n) is 4.84. The molecule has 7 heteroatoms. The second kappa shape index (κ2) is 10.2. The number of benzene rings is 3. The van der Waals surface area contributed by atoms with Crippen LogP contribution in [-0.4, -0.2) is 23.2 Å². The predicted octanol–water partition coefficient (Wildman–Crippen LogP) is 5.45. The summed E-state index contributed by atoms with van der Waals surface area (Å²) < 4.78 is 11.0. The molecule has 4 aromatic rings. The van der Waals surface area contributed by atoms with Crippen molar-refractivity contribution in [3.8, 4) is 5.75 Å². The maximum Gasteiger partial charge on any atom is 0.277 e. The van der Waals surface area contributed by atoms with Gasteiger partial charge in [-0.3, -0.25) is 4.79 Å². The number of anilines is 1. The summed E-state index contributed by atoms with van der Waals surface area (Å²) >= 11 is 1.24. The maximum absolute atomic E-state index is 13.1. The molecule has 0 radical (unpaired) electrons. The Morgan fingerprint density at radius 3 is 2.41 bits per heavy atom. The molecule has 1 aromatic heterocycles. The van der Waals surface area contributed by atoms with Gasteiger partial charge in [0.25, 0.3) is 5.22 Å². The first-order valence-electron chi connectivity index (χ1n) is 10.1. The Morgan fingerprint density at radius 2 is 1.72 bits per heavy atom. The van der Waals surface area contributed by atoms with Gasteiger partial charge < -0.3 is 14.5 Å². The molecule has 0 bridgehead atoms. The molecule has 1 heterocycles. The number of hydrogen-bond donors (Lipinski definition) is 1. The number of nitrogens with one attached hydrogen (secondary N) is 1. The Labute approximate surface area is 191 Å². The molecule has 6 nitrogen and oxygen atoms in total. The second-order valence-electron chi connectivity index (χ2n) is 7.25. The molecule has 0 fully saturated rings. The molecular formula is C25H23N3O3S. The molecule has 4 rings (SSSR count). The van der Waals surface area contributed by atoms with Crippen molar-refractivity contribution in [1.82, 2.24) is 10.2 Å². The van der Waals surface area contributed by atoms with Crippen LogP contribution in [0.25, 0.3) is 0 Å². The smallest absolute Gasteiger partial charge is 0.277 e. The summed E-state index contributed by atoms with van der Waals surface area (Å²) in [6, 6.07) is 25.0. The molecule has 0 saturated carbocycles. The minimum Gasteiger partial charge on any atom is -0.497 e. The summed E-state index contributed by atoms with van der Waals surface area (Å²) in [7, 11) is 1.63. The molecule has 1 N–H and O–H groups in total. The van der Waals surface area contributed by atoms with Crippen molar-refractivity contribution in [3.05, 3.63) is 101 Å². The van der Waals surface area contributed by atoms with Crippen molar-refractivity contribution < 1.29 is 13.9 Å². The van der Waals surface area contributed by atoms with Crippen molar-refractivity contribution in [2.45, 2.75) is 23.8 Å². The lowest BCUT2D eigenvalue weighted by Gasteiger charge is -2.15. The molecule has 1 amide bonds. The maximum atomic E-state index is 13.1. The highest BCUT2D eigenvalue weighted by Crippen LogP contribution is 2.35. The van der Waals surface area contributed by atoms with E-state index in [0.29, 0.717) is 17.5 Å². The van der Waals surface area contributed by atoms with Gasteiger partial charge in [-0.05, 0) is 54.1 Å². The van der Waals surface area contributed by atoms with Gasteiger partial charge in [-0.2, -0.15) is 0 Å². The van der Waals surface area contributed by atoms with E-state index in [2.05, 4.69) is 15.5 Å². The molecule has 0 unspecified atom stereocenters. The van der Waals surface area contributed by atoms with Gasteiger partial charge in [0.1, 0.15) is 11.0 Å². The van der Waals surface area contributed by atoms with Crippen LogP contribution in [0.3, 0.4) is 0 Å². The standard InChI is InChI=1S/C25H23N3O3S/c1-17-8-12-20(13-9-17)26-24(29)23(19-6-4-3-5-7-19)32-25-28-27-22(31-25)16-18-10-14-21(30-2)15-11-18/h3-15,23H,16H2,1-2H3,(H,26,29)/t23-/m1/s1. The van der Waals surface area contributed by atoms with Gasteiger partial charge in [0.2, 0.25) is 11.8 Å². The lowest BCUT2D eigenvalue weighted by molar-refractivity contribution is -0.115. The fraction of sp³-hybridized carbons (Fsp3) is 0.160. The van der Waals surface area contributed by atoms with Gasteiger partial charge >= 0.3 is 0 Å². The first-order valence-corrected chi connectivity index (χ1v) is 11.0. The van der Waals surface area contributed by atoms with Gasteiger partial charge in [0.05, 0.1) is 13.5 Å². The summed E-state index contributed by atoms with van der Waals surface area (Å²) in [6.45, 7) is 2.01. The summed E-state index contributed by atoms with van der Waals surface area (Å²) in [6.07, 6.45) is 0.503. The SMILES string of the molecule is COc1ccc(Cc2nnc(S[C@@H](C(=O)Nc3ccc(C)cc3)c3ccccc3)o2)cc1. The quantitative estimate of drug-likeness (QED) is 0.364. The molecule has 162 valence electrons. The molecule has 3 aromatic carbocycles.